The van der Waals surface area contributed by atoms with Gasteiger partial charge in [-0.05, 0) is 25.8 Å². The Morgan fingerprint density at radius 2 is 2.14 bits per heavy atom. The highest BCUT2D eigenvalue weighted by Crippen LogP contribution is 2.25. The molecule has 2 aromatic heterocycles. The molecule has 0 amide bonds. The molecule has 8 heteroatoms. The molecule has 2 heterocycles. The van der Waals surface area contributed by atoms with Crippen molar-refractivity contribution >= 4 is 11.6 Å². The van der Waals surface area contributed by atoms with Crippen LogP contribution in [0.2, 0.25) is 0 Å². The molecule has 0 saturated carbocycles. The summed E-state index contributed by atoms with van der Waals surface area (Å²) in [4.78, 5) is 19.1. The van der Waals surface area contributed by atoms with Crippen molar-refractivity contribution in [1.29, 1.82) is 0 Å². The number of nitro groups is 1. The largest absolute Gasteiger partial charge is 0.354 e. The van der Waals surface area contributed by atoms with Gasteiger partial charge in [0.05, 0.1) is 10.6 Å². The van der Waals surface area contributed by atoms with Crippen molar-refractivity contribution in [2.75, 3.05) is 11.9 Å². The highest BCUT2D eigenvalue weighted by atomic mass is 16.6. The van der Waals surface area contributed by atoms with E-state index < -0.39 is 4.92 Å². The topological polar surface area (TPSA) is 98.8 Å². The fraction of sp³-hybridized carbons (Fsp3) is 0.462. The fourth-order valence-electron chi connectivity index (χ4n) is 1.93. The summed E-state index contributed by atoms with van der Waals surface area (Å²) >= 11 is 0. The number of hydrogen-bond donors (Lipinski definition) is 1. The summed E-state index contributed by atoms with van der Waals surface area (Å²) in [6.07, 6.45) is 1.68. The number of anilines is 1. The van der Waals surface area contributed by atoms with Gasteiger partial charge in [-0.15, -0.1) is 0 Å². The first kappa shape index (κ1) is 14.9. The lowest BCUT2D eigenvalue weighted by Crippen LogP contribution is -2.11. The molecule has 0 unspecified atom stereocenters. The van der Waals surface area contributed by atoms with E-state index in [1.165, 1.54) is 4.68 Å². The van der Waals surface area contributed by atoms with E-state index in [0.29, 0.717) is 18.2 Å². The first-order chi connectivity index (χ1) is 9.93. The van der Waals surface area contributed by atoms with Crippen LogP contribution in [-0.2, 0) is 0 Å². The van der Waals surface area contributed by atoms with Crippen molar-refractivity contribution in [3.8, 4) is 5.82 Å². The second-order valence-electron chi connectivity index (χ2n) is 4.93. The summed E-state index contributed by atoms with van der Waals surface area (Å²) in [5.41, 5.74) is 1.03. The standard InChI is InChI=1S/C13H18N6O2/c1-5-14-13-15-9(4)11(19(20)21)12(16-13)18-7-6-10(17-18)8(2)3/h6-8H,5H2,1-4H3,(H,14,15,16). The summed E-state index contributed by atoms with van der Waals surface area (Å²) in [6, 6.07) is 1.83. The molecule has 0 atom stereocenters. The molecular weight excluding hydrogens is 272 g/mol. The van der Waals surface area contributed by atoms with Crippen LogP contribution >= 0.6 is 0 Å². The minimum atomic E-state index is -0.475. The molecule has 0 bridgehead atoms. The van der Waals surface area contributed by atoms with Crippen molar-refractivity contribution in [3.63, 3.8) is 0 Å². The maximum Gasteiger partial charge on any atom is 0.334 e. The molecule has 0 radical (unpaired) electrons. The van der Waals surface area contributed by atoms with Crippen molar-refractivity contribution < 1.29 is 4.92 Å². The van der Waals surface area contributed by atoms with Gasteiger partial charge in [0.25, 0.3) is 0 Å². The van der Waals surface area contributed by atoms with Gasteiger partial charge >= 0.3 is 5.69 Å². The van der Waals surface area contributed by atoms with E-state index in [0.717, 1.165) is 5.69 Å². The lowest BCUT2D eigenvalue weighted by Gasteiger charge is -2.08. The molecule has 0 fully saturated rings. The van der Waals surface area contributed by atoms with Crippen LogP contribution in [0.25, 0.3) is 5.82 Å². The summed E-state index contributed by atoms with van der Waals surface area (Å²) in [7, 11) is 0. The van der Waals surface area contributed by atoms with E-state index >= 15 is 0 Å². The molecule has 0 aliphatic rings. The zero-order chi connectivity index (χ0) is 15.6. The molecule has 0 aromatic carbocycles. The van der Waals surface area contributed by atoms with Gasteiger partial charge in [0.2, 0.25) is 11.8 Å². The second-order valence-corrected chi connectivity index (χ2v) is 4.93. The van der Waals surface area contributed by atoms with Crippen LogP contribution < -0.4 is 5.32 Å². The summed E-state index contributed by atoms with van der Waals surface area (Å²) < 4.78 is 1.43. The van der Waals surface area contributed by atoms with E-state index in [9.17, 15) is 10.1 Å². The van der Waals surface area contributed by atoms with Crippen LogP contribution in [-0.4, -0.2) is 31.2 Å². The lowest BCUT2D eigenvalue weighted by molar-refractivity contribution is -0.385. The minimum Gasteiger partial charge on any atom is -0.354 e. The number of hydrogen-bond acceptors (Lipinski definition) is 6. The Morgan fingerprint density at radius 3 is 2.67 bits per heavy atom. The Bertz CT molecular complexity index is 665. The molecule has 0 saturated heterocycles. The Balaban J connectivity index is 2.60. The lowest BCUT2D eigenvalue weighted by atomic mass is 10.1. The number of aryl methyl sites for hydroxylation is 1. The maximum absolute atomic E-state index is 11.3. The van der Waals surface area contributed by atoms with E-state index in [-0.39, 0.29) is 17.4 Å². The average molecular weight is 290 g/mol. The van der Waals surface area contributed by atoms with Crippen LogP contribution in [0, 0.1) is 17.0 Å². The van der Waals surface area contributed by atoms with Gasteiger partial charge in [0.15, 0.2) is 0 Å². The van der Waals surface area contributed by atoms with Gasteiger partial charge < -0.3 is 5.32 Å². The van der Waals surface area contributed by atoms with Gasteiger partial charge in [0.1, 0.15) is 5.69 Å². The number of rotatable bonds is 5. The van der Waals surface area contributed by atoms with E-state index in [1.54, 1.807) is 13.1 Å². The first-order valence-corrected chi connectivity index (χ1v) is 6.76. The maximum atomic E-state index is 11.3. The van der Waals surface area contributed by atoms with E-state index in [2.05, 4.69) is 20.4 Å². The summed E-state index contributed by atoms with van der Waals surface area (Å²) in [5, 5.41) is 18.6. The predicted octanol–water partition coefficient (Wildman–Crippen LogP) is 2.43. The van der Waals surface area contributed by atoms with Gasteiger partial charge in [-0.3, -0.25) is 10.1 Å². The molecule has 2 rings (SSSR count). The quantitative estimate of drug-likeness (QED) is 0.670. The Labute approximate surface area is 122 Å². The van der Waals surface area contributed by atoms with E-state index in [1.807, 2.05) is 26.8 Å². The molecule has 112 valence electrons. The number of nitrogens with one attached hydrogen (secondary N) is 1. The summed E-state index contributed by atoms with van der Waals surface area (Å²) in [6.45, 7) is 8.15. The Morgan fingerprint density at radius 1 is 1.43 bits per heavy atom. The summed E-state index contributed by atoms with van der Waals surface area (Å²) in [5.74, 6) is 0.772. The Kier molecular flexibility index (Phi) is 4.15. The zero-order valence-electron chi connectivity index (χ0n) is 12.5. The highest BCUT2D eigenvalue weighted by Gasteiger charge is 2.24. The van der Waals surface area contributed by atoms with Gasteiger partial charge in [-0.25, -0.2) is 9.67 Å². The molecule has 21 heavy (non-hydrogen) atoms. The molecule has 0 aliphatic carbocycles. The van der Waals surface area contributed by atoms with Crippen LogP contribution in [0.4, 0.5) is 11.6 Å². The monoisotopic (exact) mass is 290 g/mol. The third kappa shape index (κ3) is 2.99. The smallest absolute Gasteiger partial charge is 0.334 e. The third-order valence-electron chi connectivity index (χ3n) is 2.98. The Hall–Kier alpha value is -2.51. The SMILES string of the molecule is CCNc1nc(C)c([N+](=O)[O-])c(-n2ccc(C(C)C)n2)n1. The highest BCUT2D eigenvalue weighted by molar-refractivity contribution is 5.53. The first-order valence-electron chi connectivity index (χ1n) is 6.76. The van der Waals surface area contributed by atoms with Crippen LogP contribution in [0.5, 0.6) is 0 Å². The number of nitrogens with zero attached hydrogens (tertiary/aromatic N) is 5. The van der Waals surface area contributed by atoms with Crippen LogP contribution in [0.1, 0.15) is 38.1 Å². The molecule has 2 aromatic rings. The van der Waals surface area contributed by atoms with Crippen LogP contribution in [0.3, 0.4) is 0 Å². The van der Waals surface area contributed by atoms with Gasteiger partial charge in [-0.1, -0.05) is 13.8 Å². The van der Waals surface area contributed by atoms with Crippen molar-refractivity contribution in [2.24, 2.45) is 0 Å². The normalized spacial score (nSPS) is 10.9. The van der Waals surface area contributed by atoms with Crippen molar-refractivity contribution in [1.82, 2.24) is 19.7 Å². The van der Waals surface area contributed by atoms with Crippen molar-refractivity contribution in [2.45, 2.75) is 33.6 Å². The molecular formula is C13H18N6O2. The molecule has 8 nitrogen and oxygen atoms in total. The average Bonchev–Trinajstić information content (AvgIpc) is 2.87. The third-order valence-corrected chi connectivity index (χ3v) is 2.98. The molecule has 0 spiro atoms. The van der Waals surface area contributed by atoms with Crippen LogP contribution in [0.15, 0.2) is 12.3 Å². The predicted molar refractivity (Wildman–Crippen MR) is 78.8 cm³/mol. The van der Waals surface area contributed by atoms with Gasteiger partial charge in [0, 0.05) is 12.7 Å². The second kappa shape index (κ2) is 5.86. The molecule has 0 aliphatic heterocycles. The fourth-order valence-corrected chi connectivity index (χ4v) is 1.93. The van der Waals surface area contributed by atoms with E-state index in [4.69, 9.17) is 0 Å². The van der Waals surface area contributed by atoms with Crippen molar-refractivity contribution in [3.05, 3.63) is 33.8 Å². The van der Waals surface area contributed by atoms with Gasteiger partial charge in [-0.2, -0.15) is 10.1 Å². The number of aromatic nitrogens is 4. The minimum absolute atomic E-state index is 0.130. The zero-order valence-corrected chi connectivity index (χ0v) is 12.5. The molecule has 1 N–H and O–H groups in total.